The van der Waals surface area contributed by atoms with Gasteiger partial charge in [-0.05, 0) is 50.5 Å². The number of rotatable bonds is 4. The van der Waals surface area contributed by atoms with Gasteiger partial charge in [0.25, 0.3) is 5.91 Å². The molecule has 0 aromatic carbocycles. The number of anilines is 1. The lowest BCUT2D eigenvalue weighted by molar-refractivity contribution is 0.0700. The van der Waals surface area contributed by atoms with Gasteiger partial charge in [0.15, 0.2) is 5.69 Å². The fourth-order valence-corrected chi connectivity index (χ4v) is 3.37. The van der Waals surface area contributed by atoms with Gasteiger partial charge in [-0.2, -0.15) is 5.10 Å². The number of piperidine rings is 1. The molecule has 3 rings (SSSR count). The molecule has 1 aliphatic rings. The van der Waals surface area contributed by atoms with Crippen LogP contribution in [0.2, 0.25) is 0 Å². The van der Waals surface area contributed by atoms with Gasteiger partial charge in [-0.3, -0.25) is 9.48 Å². The van der Waals surface area contributed by atoms with Crippen molar-refractivity contribution in [2.45, 2.75) is 39.2 Å². The third-order valence-electron chi connectivity index (χ3n) is 4.72. The van der Waals surface area contributed by atoms with Crippen LogP contribution in [0.3, 0.4) is 0 Å². The molecule has 2 aromatic heterocycles. The molecule has 6 heteroatoms. The SMILES string of the molecule is CCn1nc(C(=O)N2CCC[C@H](c3ccnc(NC)c3)C2)cc1C. The molecule has 0 radical (unpaired) electrons. The van der Waals surface area contributed by atoms with Crippen molar-refractivity contribution in [3.05, 3.63) is 41.3 Å². The number of aromatic nitrogens is 3. The third kappa shape index (κ3) is 3.27. The molecule has 3 heterocycles. The summed E-state index contributed by atoms with van der Waals surface area (Å²) >= 11 is 0. The predicted molar refractivity (Wildman–Crippen MR) is 94.3 cm³/mol. The van der Waals surface area contributed by atoms with Crippen molar-refractivity contribution < 1.29 is 4.79 Å². The van der Waals surface area contributed by atoms with Gasteiger partial charge in [-0.25, -0.2) is 4.98 Å². The first-order valence-corrected chi connectivity index (χ1v) is 8.59. The number of pyridine rings is 1. The number of amides is 1. The Morgan fingerprint density at radius 1 is 1.42 bits per heavy atom. The molecule has 1 atom stereocenters. The minimum Gasteiger partial charge on any atom is -0.373 e. The molecule has 1 amide bonds. The smallest absolute Gasteiger partial charge is 0.274 e. The lowest BCUT2D eigenvalue weighted by Gasteiger charge is -2.32. The van der Waals surface area contributed by atoms with E-state index < -0.39 is 0 Å². The van der Waals surface area contributed by atoms with Crippen LogP contribution in [0.25, 0.3) is 0 Å². The zero-order valence-electron chi connectivity index (χ0n) is 14.6. The molecular formula is C18H25N5O. The molecular weight excluding hydrogens is 302 g/mol. The minimum atomic E-state index is 0.0397. The molecule has 0 aliphatic carbocycles. The lowest BCUT2D eigenvalue weighted by atomic mass is 9.91. The summed E-state index contributed by atoms with van der Waals surface area (Å²) in [7, 11) is 1.87. The maximum absolute atomic E-state index is 12.8. The second-order valence-corrected chi connectivity index (χ2v) is 6.30. The van der Waals surface area contributed by atoms with Gasteiger partial charge in [0, 0.05) is 44.5 Å². The molecule has 0 bridgehead atoms. The Labute approximate surface area is 142 Å². The van der Waals surface area contributed by atoms with Gasteiger partial charge in [-0.15, -0.1) is 0 Å². The van der Waals surface area contributed by atoms with Crippen LogP contribution >= 0.6 is 0 Å². The van der Waals surface area contributed by atoms with E-state index >= 15 is 0 Å². The van der Waals surface area contributed by atoms with Gasteiger partial charge in [0.1, 0.15) is 5.82 Å². The number of carbonyl (C=O) groups is 1. The van der Waals surface area contributed by atoms with Crippen molar-refractivity contribution in [2.75, 3.05) is 25.5 Å². The Hall–Kier alpha value is -2.37. The highest BCUT2D eigenvalue weighted by Gasteiger charge is 2.27. The Morgan fingerprint density at radius 3 is 2.96 bits per heavy atom. The van der Waals surface area contributed by atoms with E-state index in [4.69, 9.17) is 0 Å². The lowest BCUT2D eigenvalue weighted by Crippen LogP contribution is -2.39. The Morgan fingerprint density at radius 2 is 2.25 bits per heavy atom. The van der Waals surface area contributed by atoms with E-state index in [1.165, 1.54) is 5.56 Å². The standard InChI is InChI=1S/C18H25N5O/c1-4-23-13(2)10-16(21-23)18(24)22-9-5-6-15(12-22)14-7-8-20-17(11-14)19-3/h7-8,10-11,15H,4-6,9,12H2,1-3H3,(H,19,20)/t15-/m0/s1. The summed E-state index contributed by atoms with van der Waals surface area (Å²) in [4.78, 5) is 19.0. The summed E-state index contributed by atoms with van der Waals surface area (Å²) in [5.74, 6) is 1.26. The van der Waals surface area contributed by atoms with Crippen molar-refractivity contribution in [3.63, 3.8) is 0 Å². The first-order chi connectivity index (χ1) is 11.6. The largest absolute Gasteiger partial charge is 0.373 e. The molecule has 1 fully saturated rings. The number of aryl methyl sites for hydroxylation is 2. The van der Waals surface area contributed by atoms with Crippen molar-refractivity contribution in [3.8, 4) is 0 Å². The number of carbonyl (C=O) groups excluding carboxylic acids is 1. The quantitative estimate of drug-likeness (QED) is 0.938. The van der Waals surface area contributed by atoms with Crippen LogP contribution in [0.4, 0.5) is 5.82 Å². The Balaban J connectivity index is 1.75. The summed E-state index contributed by atoms with van der Waals surface area (Å²) in [5.41, 5.74) is 2.82. The van der Waals surface area contributed by atoms with Crippen LogP contribution < -0.4 is 5.32 Å². The molecule has 24 heavy (non-hydrogen) atoms. The molecule has 1 saturated heterocycles. The van der Waals surface area contributed by atoms with Gasteiger partial charge in [-0.1, -0.05) is 0 Å². The molecule has 0 spiro atoms. The molecule has 1 aliphatic heterocycles. The summed E-state index contributed by atoms with van der Waals surface area (Å²) < 4.78 is 1.87. The molecule has 1 N–H and O–H groups in total. The molecule has 128 valence electrons. The zero-order valence-corrected chi connectivity index (χ0v) is 14.6. The van der Waals surface area contributed by atoms with Crippen molar-refractivity contribution >= 4 is 11.7 Å². The van der Waals surface area contributed by atoms with Crippen LogP contribution in [-0.4, -0.2) is 45.7 Å². The number of nitrogens with zero attached hydrogens (tertiary/aromatic N) is 4. The first kappa shape index (κ1) is 16.5. The normalized spacial score (nSPS) is 17.8. The summed E-state index contributed by atoms with van der Waals surface area (Å²) in [6, 6.07) is 6.02. The van der Waals surface area contributed by atoms with Gasteiger partial charge >= 0.3 is 0 Å². The summed E-state index contributed by atoms with van der Waals surface area (Å²) in [5, 5.41) is 7.51. The van der Waals surface area contributed by atoms with Gasteiger partial charge in [0.05, 0.1) is 0 Å². The molecule has 0 saturated carbocycles. The van der Waals surface area contributed by atoms with Gasteiger partial charge < -0.3 is 10.2 Å². The van der Waals surface area contributed by atoms with E-state index in [0.29, 0.717) is 11.6 Å². The van der Waals surface area contributed by atoms with Crippen molar-refractivity contribution in [1.82, 2.24) is 19.7 Å². The number of hydrogen-bond donors (Lipinski definition) is 1. The topological polar surface area (TPSA) is 63.1 Å². The summed E-state index contributed by atoms with van der Waals surface area (Å²) in [6.07, 6.45) is 3.94. The first-order valence-electron chi connectivity index (χ1n) is 8.59. The minimum absolute atomic E-state index is 0.0397. The maximum atomic E-state index is 12.8. The van der Waals surface area contributed by atoms with Crippen LogP contribution in [0.1, 0.15) is 47.4 Å². The Bertz CT molecular complexity index is 724. The fourth-order valence-electron chi connectivity index (χ4n) is 3.37. The van der Waals surface area contributed by atoms with E-state index in [9.17, 15) is 4.79 Å². The van der Waals surface area contributed by atoms with E-state index in [2.05, 4.69) is 27.5 Å². The third-order valence-corrected chi connectivity index (χ3v) is 4.72. The zero-order chi connectivity index (χ0) is 17.1. The number of hydrogen-bond acceptors (Lipinski definition) is 4. The highest BCUT2D eigenvalue weighted by molar-refractivity contribution is 5.92. The fraction of sp³-hybridized carbons (Fsp3) is 0.500. The average Bonchev–Trinajstić information content (AvgIpc) is 3.02. The number of likely N-dealkylation sites (tertiary alicyclic amines) is 1. The van der Waals surface area contributed by atoms with Gasteiger partial charge in [0.2, 0.25) is 0 Å². The van der Waals surface area contributed by atoms with Crippen molar-refractivity contribution in [1.29, 1.82) is 0 Å². The van der Waals surface area contributed by atoms with Crippen LogP contribution in [0.15, 0.2) is 24.4 Å². The van der Waals surface area contributed by atoms with E-state index in [1.807, 2.05) is 42.7 Å². The Kier molecular flexibility index (Phi) is 4.83. The van der Waals surface area contributed by atoms with Crippen LogP contribution in [0, 0.1) is 6.92 Å². The second kappa shape index (κ2) is 7.03. The van der Waals surface area contributed by atoms with Crippen molar-refractivity contribution in [2.24, 2.45) is 0 Å². The molecule has 0 unspecified atom stereocenters. The van der Waals surface area contributed by atoms with Crippen LogP contribution in [0.5, 0.6) is 0 Å². The molecule has 6 nitrogen and oxygen atoms in total. The highest BCUT2D eigenvalue weighted by Crippen LogP contribution is 2.28. The van der Waals surface area contributed by atoms with E-state index in [1.54, 1.807) is 0 Å². The molecule has 2 aromatic rings. The maximum Gasteiger partial charge on any atom is 0.274 e. The van der Waals surface area contributed by atoms with Crippen LogP contribution in [-0.2, 0) is 6.54 Å². The monoisotopic (exact) mass is 327 g/mol. The average molecular weight is 327 g/mol. The highest BCUT2D eigenvalue weighted by atomic mass is 16.2. The predicted octanol–water partition coefficient (Wildman–Crippen LogP) is 2.67. The summed E-state index contributed by atoms with van der Waals surface area (Å²) in [6.45, 7) is 6.35. The number of nitrogens with one attached hydrogen (secondary N) is 1. The second-order valence-electron chi connectivity index (χ2n) is 6.30. The van der Waals surface area contributed by atoms with E-state index in [-0.39, 0.29) is 5.91 Å². The van der Waals surface area contributed by atoms with E-state index in [0.717, 1.165) is 44.0 Å².